The molecule has 1 aromatic rings. The predicted molar refractivity (Wildman–Crippen MR) is 36.2 cm³/mol. The fourth-order valence-corrected chi connectivity index (χ4v) is 0.726. The Balaban J connectivity index is 0. The van der Waals surface area contributed by atoms with Gasteiger partial charge >= 0.3 is 59.1 Å². The summed E-state index contributed by atoms with van der Waals surface area (Å²) in [6.07, 6.45) is 0. The standard InChI is InChI=1S/C6H6BNO2.2Na/c8-6-4-2-1-3-5(6)7(9)10;;/h1-4H,8H2;;/q-2;2*+1. The van der Waals surface area contributed by atoms with Crippen molar-refractivity contribution in [1.82, 2.24) is 0 Å². The van der Waals surface area contributed by atoms with Crippen molar-refractivity contribution in [3.63, 3.8) is 0 Å². The van der Waals surface area contributed by atoms with E-state index < -0.39 is 7.12 Å². The smallest absolute Gasteiger partial charge is 0.889 e. The zero-order chi connectivity index (χ0) is 7.56. The molecule has 0 unspecified atom stereocenters. The number of hydrogen-bond acceptors (Lipinski definition) is 3. The van der Waals surface area contributed by atoms with E-state index in [9.17, 15) is 10.0 Å². The van der Waals surface area contributed by atoms with Gasteiger partial charge in [-0.1, -0.05) is 25.3 Å². The Bertz CT molecular complexity index is 235. The molecule has 0 saturated heterocycles. The van der Waals surface area contributed by atoms with Crippen molar-refractivity contribution >= 4 is 18.3 Å². The summed E-state index contributed by atoms with van der Waals surface area (Å²) in [7, 11) is -1.97. The zero-order valence-corrected chi connectivity index (χ0v) is 11.3. The van der Waals surface area contributed by atoms with Crippen molar-refractivity contribution in [2.75, 3.05) is 5.73 Å². The molecule has 0 radical (unpaired) electrons. The van der Waals surface area contributed by atoms with Gasteiger partial charge in [-0.3, -0.25) is 0 Å². The molecule has 0 heterocycles. The van der Waals surface area contributed by atoms with Crippen molar-refractivity contribution in [1.29, 1.82) is 0 Å². The Morgan fingerprint density at radius 1 is 1.08 bits per heavy atom. The van der Waals surface area contributed by atoms with E-state index in [1.807, 2.05) is 0 Å². The molecule has 0 atom stereocenters. The number of nitrogen functional groups attached to an aromatic ring is 1. The quantitative estimate of drug-likeness (QED) is 0.345. The number of nitrogens with two attached hydrogens (primary N) is 1. The predicted octanol–water partition coefficient (Wildman–Crippen LogP) is -8.31. The summed E-state index contributed by atoms with van der Waals surface area (Å²) in [6.45, 7) is 0. The Morgan fingerprint density at radius 3 is 1.92 bits per heavy atom. The number of hydrogen-bond donors (Lipinski definition) is 1. The topological polar surface area (TPSA) is 72.1 Å². The Kier molecular flexibility index (Phi) is 9.56. The van der Waals surface area contributed by atoms with E-state index in [2.05, 4.69) is 0 Å². The van der Waals surface area contributed by atoms with E-state index in [1.54, 1.807) is 12.1 Å². The first-order chi connectivity index (χ1) is 4.72. The molecular weight excluding hydrogens is 175 g/mol. The maximum absolute atomic E-state index is 10.3. The molecule has 0 aliphatic rings. The molecule has 2 N–H and O–H groups in total. The van der Waals surface area contributed by atoms with Gasteiger partial charge < -0.3 is 15.8 Å². The van der Waals surface area contributed by atoms with Gasteiger partial charge in [-0.15, -0.1) is 5.46 Å². The molecule has 0 amide bonds. The van der Waals surface area contributed by atoms with E-state index in [-0.39, 0.29) is 70.3 Å². The molecule has 6 heteroatoms. The van der Waals surface area contributed by atoms with Gasteiger partial charge in [-0.05, 0) is 6.07 Å². The fraction of sp³-hybridized carbons (Fsp3) is 0. The third-order valence-electron chi connectivity index (χ3n) is 1.25. The normalized spacial score (nSPS) is 7.83. The summed E-state index contributed by atoms with van der Waals surface area (Å²) in [5, 5.41) is 20.6. The molecule has 3 nitrogen and oxygen atoms in total. The van der Waals surface area contributed by atoms with Crippen LogP contribution in [0.2, 0.25) is 0 Å². The van der Waals surface area contributed by atoms with Crippen LogP contribution in [0.25, 0.3) is 0 Å². The van der Waals surface area contributed by atoms with Crippen LogP contribution in [-0.4, -0.2) is 7.12 Å². The summed E-state index contributed by atoms with van der Waals surface area (Å²) < 4.78 is 0. The molecule has 0 saturated carbocycles. The summed E-state index contributed by atoms with van der Waals surface area (Å²) >= 11 is 0. The summed E-state index contributed by atoms with van der Waals surface area (Å²) in [5.74, 6) is 0. The fourth-order valence-electron chi connectivity index (χ4n) is 0.726. The van der Waals surface area contributed by atoms with Gasteiger partial charge in [-0.25, -0.2) is 0 Å². The Labute approximate surface area is 116 Å². The second-order valence-corrected chi connectivity index (χ2v) is 1.96. The number of rotatable bonds is 1. The van der Waals surface area contributed by atoms with Crippen LogP contribution in [0.15, 0.2) is 24.3 Å². The van der Waals surface area contributed by atoms with Crippen molar-refractivity contribution in [3.05, 3.63) is 24.3 Å². The number of benzene rings is 1. The molecule has 0 aliphatic carbocycles. The molecule has 0 fully saturated rings. The SMILES string of the molecule is Nc1ccccc1B([O-])[O-].[Na+].[Na+]. The molecule has 1 rings (SSSR count). The van der Waals surface area contributed by atoms with Crippen LogP contribution in [0.3, 0.4) is 0 Å². The summed E-state index contributed by atoms with van der Waals surface area (Å²) in [6, 6.07) is 6.29. The first kappa shape index (κ1) is 15.5. The van der Waals surface area contributed by atoms with Crippen molar-refractivity contribution < 1.29 is 69.2 Å². The summed E-state index contributed by atoms with van der Waals surface area (Å²) in [4.78, 5) is 0. The van der Waals surface area contributed by atoms with Crippen LogP contribution in [0, 0.1) is 0 Å². The van der Waals surface area contributed by atoms with Gasteiger partial charge in [-0.2, -0.15) is 0 Å². The van der Waals surface area contributed by atoms with Crippen molar-refractivity contribution in [2.45, 2.75) is 0 Å². The van der Waals surface area contributed by atoms with Crippen LogP contribution >= 0.6 is 0 Å². The van der Waals surface area contributed by atoms with Gasteiger partial charge in [0.25, 0.3) is 0 Å². The van der Waals surface area contributed by atoms with Gasteiger partial charge in [0, 0.05) is 5.69 Å². The van der Waals surface area contributed by atoms with Crippen LogP contribution in [0.1, 0.15) is 0 Å². The molecule has 0 aliphatic heterocycles. The maximum atomic E-state index is 10.3. The Hall–Kier alpha value is 1.00. The second kappa shape index (κ2) is 7.41. The molecular formula is C6H6BNNa2O2. The number of anilines is 1. The second-order valence-electron chi connectivity index (χ2n) is 1.96. The average molecular weight is 181 g/mol. The molecule has 12 heavy (non-hydrogen) atoms. The largest absolute Gasteiger partial charge is 1.00 e. The van der Waals surface area contributed by atoms with Gasteiger partial charge in [0.15, 0.2) is 0 Å². The molecule has 52 valence electrons. The molecule has 0 spiro atoms. The first-order valence-electron chi connectivity index (χ1n) is 2.88. The molecule has 1 aromatic carbocycles. The van der Waals surface area contributed by atoms with E-state index in [1.165, 1.54) is 12.1 Å². The average Bonchev–Trinajstić information content (AvgIpc) is 1.88. The number of para-hydroxylation sites is 1. The van der Waals surface area contributed by atoms with Gasteiger partial charge in [0.05, 0.1) is 0 Å². The minimum atomic E-state index is -1.97. The molecule has 0 bridgehead atoms. The Morgan fingerprint density at radius 2 is 1.58 bits per heavy atom. The minimum Gasteiger partial charge on any atom is -0.889 e. The zero-order valence-electron chi connectivity index (χ0n) is 7.28. The van der Waals surface area contributed by atoms with Gasteiger partial charge in [0.2, 0.25) is 0 Å². The van der Waals surface area contributed by atoms with Crippen LogP contribution in [0.4, 0.5) is 5.69 Å². The van der Waals surface area contributed by atoms with E-state index in [4.69, 9.17) is 5.73 Å². The third kappa shape index (κ3) is 4.30. The monoisotopic (exact) mass is 181 g/mol. The van der Waals surface area contributed by atoms with Crippen LogP contribution < -0.4 is 80.4 Å². The van der Waals surface area contributed by atoms with Gasteiger partial charge in [0.1, 0.15) is 0 Å². The summed E-state index contributed by atoms with van der Waals surface area (Å²) in [5.41, 5.74) is 5.72. The van der Waals surface area contributed by atoms with Crippen molar-refractivity contribution in [2.24, 2.45) is 0 Å². The molecule has 0 aromatic heterocycles. The van der Waals surface area contributed by atoms with E-state index in [0.29, 0.717) is 0 Å². The first-order valence-corrected chi connectivity index (χ1v) is 2.88. The third-order valence-corrected chi connectivity index (χ3v) is 1.25. The maximum Gasteiger partial charge on any atom is 1.00 e. The van der Waals surface area contributed by atoms with Crippen LogP contribution in [0.5, 0.6) is 0 Å². The van der Waals surface area contributed by atoms with E-state index >= 15 is 0 Å². The van der Waals surface area contributed by atoms with Crippen LogP contribution in [-0.2, 0) is 0 Å². The van der Waals surface area contributed by atoms with E-state index in [0.717, 1.165) is 0 Å². The van der Waals surface area contributed by atoms with Crippen molar-refractivity contribution in [3.8, 4) is 0 Å². The minimum absolute atomic E-state index is 0.